The van der Waals surface area contributed by atoms with E-state index < -0.39 is 0 Å². The number of anilines is 2. The molecule has 17 heavy (non-hydrogen) atoms. The first-order valence-corrected chi connectivity index (χ1v) is 5.39. The summed E-state index contributed by atoms with van der Waals surface area (Å²) in [6.07, 6.45) is 1.50. The summed E-state index contributed by atoms with van der Waals surface area (Å²) in [6, 6.07) is 6.55. The first kappa shape index (κ1) is 10.2. The van der Waals surface area contributed by atoms with Crippen LogP contribution in [-0.2, 0) is 13.1 Å². The number of hydrogen-bond acceptors (Lipinski definition) is 4. The molecule has 0 saturated carbocycles. The van der Waals surface area contributed by atoms with Crippen molar-refractivity contribution in [1.29, 1.82) is 0 Å². The first-order valence-electron chi connectivity index (χ1n) is 5.39. The van der Waals surface area contributed by atoms with Gasteiger partial charge < -0.3 is 10.6 Å². The smallest absolute Gasteiger partial charge is 0.146 e. The Morgan fingerprint density at radius 2 is 2.06 bits per heavy atom. The van der Waals surface area contributed by atoms with Crippen LogP contribution in [0.25, 0.3) is 0 Å². The minimum atomic E-state index is -0.286. The molecule has 2 aromatic rings. The van der Waals surface area contributed by atoms with Crippen molar-refractivity contribution in [2.45, 2.75) is 13.1 Å². The van der Waals surface area contributed by atoms with Crippen molar-refractivity contribution in [2.75, 3.05) is 5.32 Å². The molecular weight excluding hydrogens is 219 g/mol. The van der Waals surface area contributed by atoms with E-state index in [1.165, 1.54) is 12.4 Å². The quantitative estimate of drug-likeness (QED) is 0.828. The van der Waals surface area contributed by atoms with Gasteiger partial charge in [0.25, 0.3) is 0 Å². The van der Waals surface area contributed by atoms with Crippen LogP contribution in [0.2, 0.25) is 0 Å². The second-order valence-electron chi connectivity index (χ2n) is 3.86. The van der Waals surface area contributed by atoms with Gasteiger partial charge in [-0.3, -0.25) is 0 Å². The van der Waals surface area contributed by atoms with E-state index in [9.17, 15) is 4.39 Å². The second-order valence-corrected chi connectivity index (χ2v) is 3.86. The van der Waals surface area contributed by atoms with Crippen molar-refractivity contribution in [3.8, 4) is 0 Å². The summed E-state index contributed by atoms with van der Waals surface area (Å²) >= 11 is 0. The highest BCUT2D eigenvalue weighted by Crippen LogP contribution is 2.24. The van der Waals surface area contributed by atoms with E-state index >= 15 is 0 Å². The van der Waals surface area contributed by atoms with E-state index in [1.807, 2.05) is 0 Å². The van der Waals surface area contributed by atoms with Crippen molar-refractivity contribution in [2.24, 2.45) is 0 Å². The molecule has 0 spiro atoms. The van der Waals surface area contributed by atoms with E-state index in [0.717, 1.165) is 17.8 Å². The SMILES string of the molecule is Fc1ccccc1Nc1ncnc2c1CNC2. The molecule has 0 aliphatic carbocycles. The van der Waals surface area contributed by atoms with Gasteiger partial charge in [0.05, 0.1) is 11.4 Å². The third-order valence-corrected chi connectivity index (χ3v) is 2.76. The number of nitrogens with one attached hydrogen (secondary N) is 2. The van der Waals surface area contributed by atoms with Gasteiger partial charge in [-0.1, -0.05) is 12.1 Å². The summed E-state index contributed by atoms with van der Waals surface area (Å²) in [7, 11) is 0. The van der Waals surface area contributed by atoms with Gasteiger partial charge in [0.2, 0.25) is 0 Å². The molecule has 1 aromatic carbocycles. The van der Waals surface area contributed by atoms with Crippen molar-refractivity contribution >= 4 is 11.5 Å². The number of rotatable bonds is 2. The summed E-state index contributed by atoms with van der Waals surface area (Å²) < 4.78 is 13.5. The number of nitrogens with zero attached hydrogens (tertiary/aromatic N) is 2. The molecule has 1 aliphatic heterocycles. The molecule has 0 saturated heterocycles. The first-order chi connectivity index (χ1) is 8.34. The third-order valence-electron chi connectivity index (χ3n) is 2.76. The lowest BCUT2D eigenvalue weighted by Gasteiger charge is -2.09. The zero-order chi connectivity index (χ0) is 11.7. The molecule has 4 nitrogen and oxygen atoms in total. The fourth-order valence-corrected chi connectivity index (χ4v) is 1.89. The Bertz CT molecular complexity index is 556. The number of benzene rings is 1. The third kappa shape index (κ3) is 1.85. The molecule has 1 aromatic heterocycles. The van der Waals surface area contributed by atoms with Crippen molar-refractivity contribution < 1.29 is 4.39 Å². The van der Waals surface area contributed by atoms with Crippen LogP contribution in [0.3, 0.4) is 0 Å². The summed E-state index contributed by atoms with van der Waals surface area (Å²) in [5, 5.41) is 6.20. The van der Waals surface area contributed by atoms with Crippen LogP contribution in [0, 0.1) is 5.82 Å². The lowest BCUT2D eigenvalue weighted by Crippen LogP contribution is -2.03. The summed E-state index contributed by atoms with van der Waals surface area (Å²) in [5.74, 6) is 0.385. The summed E-state index contributed by atoms with van der Waals surface area (Å²) in [4.78, 5) is 8.33. The lowest BCUT2D eigenvalue weighted by molar-refractivity contribution is 0.631. The Morgan fingerprint density at radius 3 is 2.94 bits per heavy atom. The van der Waals surface area contributed by atoms with Gasteiger partial charge >= 0.3 is 0 Å². The summed E-state index contributed by atoms with van der Waals surface area (Å²) in [6.45, 7) is 1.46. The Morgan fingerprint density at radius 1 is 1.18 bits per heavy atom. The zero-order valence-electron chi connectivity index (χ0n) is 9.07. The van der Waals surface area contributed by atoms with Crippen molar-refractivity contribution in [1.82, 2.24) is 15.3 Å². The molecule has 0 atom stereocenters. The van der Waals surface area contributed by atoms with Crippen molar-refractivity contribution in [3.05, 3.63) is 47.7 Å². The van der Waals surface area contributed by atoms with Crippen LogP contribution in [0.15, 0.2) is 30.6 Å². The normalized spacial score (nSPS) is 13.5. The van der Waals surface area contributed by atoms with E-state index in [-0.39, 0.29) is 5.82 Å². The molecule has 0 fully saturated rings. The van der Waals surface area contributed by atoms with Gasteiger partial charge in [-0.2, -0.15) is 0 Å². The largest absolute Gasteiger partial charge is 0.337 e. The Kier molecular flexibility index (Phi) is 2.45. The van der Waals surface area contributed by atoms with Crippen LogP contribution >= 0.6 is 0 Å². The molecule has 2 heterocycles. The highest BCUT2D eigenvalue weighted by molar-refractivity contribution is 5.60. The van der Waals surface area contributed by atoms with Gasteiger partial charge in [0, 0.05) is 18.7 Å². The number of para-hydroxylation sites is 1. The van der Waals surface area contributed by atoms with Gasteiger partial charge in [-0.05, 0) is 12.1 Å². The maximum atomic E-state index is 13.5. The summed E-state index contributed by atoms with van der Waals surface area (Å²) in [5.41, 5.74) is 2.41. The van der Waals surface area contributed by atoms with Crippen LogP contribution in [0.4, 0.5) is 15.9 Å². The average molecular weight is 230 g/mol. The Labute approximate surface area is 97.9 Å². The van der Waals surface area contributed by atoms with Gasteiger partial charge in [-0.15, -0.1) is 0 Å². The topological polar surface area (TPSA) is 49.8 Å². The maximum absolute atomic E-state index is 13.5. The number of aromatic nitrogens is 2. The molecule has 3 rings (SSSR count). The fourth-order valence-electron chi connectivity index (χ4n) is 1.89. The molecule has 1 aliphatic rings. The Hall–Kier alpha value is -2.01. The average Bonchev–Trinajstić information content (AvgIpc) is 2.81. The molecule has 86 valence electrons. The van der Waals surface area contributed by atoms with Crippen LogP contribution in [-0.4, -0.2) is 9.97 Å². The molecule has 5 heteroatoms. The van der Waals surface area contributed by atoms with Gasteiger partial charge in [-0.25, -0.2) is 14.4 Å². The Balaban J connectivity index is 1.97. The van der Waals surface area contributed by atoms with E-state index in [4.69, 9.17) is 0 Å². The standard InChI is InChI=1S/C12H11FN4/c13-9-3-1-2-4-10(9)17-12-8-5-14-6-11(8)15-7-16-12/h1-4,7,14H,5-6H2,(H,15,16,17). The van der Waals surface area contributed by atoms with E-state index in [2.05, 4.69) is 20.6 Å². The lowest BCUT2D eigenvalue weighted by atomic mass is 10.2. The van der Waals surface area contributed by atoms with Crippen LogP contribution in [0.5, 0.6) is 0 Å². The minimum absolute atomic E-state index is 0.286. The highest BCUT2D eigenvalue weighted by Gasteiger charge is 2.17. The van der Waals surface area contributed by atoms with Crippen LogP contribution < -0.4 is 10.6 Å². The predicted octanol–water partition coefficient (Wildman–Crippen LogP) is 1.96. The zero-order valence-corrected chi connectivity index (χ0v) is 9.07. The van der Waals surface area contributed by atoms with Gasteiger partial charge in [0.1, 0.15) is 18.0 Å². The van der Waals surface area contributed by atoms with Crippen LogP contribution in [0.1, 0.15) is 11.3 Å². The number of hydrogen-bond donors (Lipinski definition) is 2. The monoisotopic (exact) mass is 230 g/mol. The van der Waals surface area contributed by atoms with Crippen molar-refractivity contribution in [3.63, 3.8) is 0 Å². The molecule has 0 radical (unpaired) electrons. The van der Waals surface area contributed by atoms with E-state index in [1.54, 1.807) is 18.2 Å². The molecule has 0 bridgehead atoms. The predicted molar refractivity (Wildman–Crippen MR) is 62.3 cm³/mol. The van der Waals surface area contributed by atoms with Gasteiger partial charge in [0.15, 0.2) is 0 Å². The molecule has 0 unspecified atom stereocenters. The minimum Gasteiger partial charge on any atom is -0.337 e. The highest BCUT2D eigenvalue weighted by atomic mass is 19.1. The molecular formula is C12H11FN4. The number of halogens is 1. The number of fused-ring (bicyclic) bond motifs is 1. The maximum Gasteiger partial charge on any atom is 0.146 e. The fraction of sp³-hybridized carbons (Fsp3) is 0.167. The second kappa shape index (κ2) is 4.10. The van der Waals surface area contributed by atoms with E-state index in [0.29, 0.717) is 18.1 Å². The molecule has 0 amide bonds. The molecule has 2 N–H and O–H groups in total.